The van der Waals surface area contributed by atoms with E-state index in [2.05, 4.69) is 9.72 Å². The van der Waals surface area contributed by atoms with Gasteiger partial charge in [0.15, 0.2) is 0 Å². The normalized spacial score (nSPS) is 11.7. The number of nitrogens with zero attached hydrogens (tertiary/aromatic N) is 1. The summed E-state index contributed by atoms with van der Waals surface area (Å²) < 4.78 is 40.4. The van der Waals surface area contributed by atoms with Crippen molar-refractivity contribution in [3.05, 3.63) is 23.9 Å². The molecule has 14 heavy (non-hydrogen) atoms. The van der Waals surface area contributed by atoms with Gasteiger partial charge >= 0.3 is 87.5 Å². The van der Waals surface area contributed by atoms with Crippen LogP contribution in [0.15, 0.2) is 18.2 Å². The molecule has 0 amide bonds. The molecule has 78 valence electrons. The number of aromatic nitrogens is 1. The number of halogens is 3. The van der Waals surface area contributed by atoms with Crippen molar-refractivity contribution in [3.8, 4) is 0 Å². The molecular weight excluding hydrogens is 258 g/mol. The summed E-state index contributed by atoms with van der Waals surface area (Å²) in [7, 11) is 0. The standard InChI is InChI=1S/C8H9AsF3NO/c9-7-3-1-2-6(13-7)4-14-5-8(10,11)12/h1-3H,4-5,9H2. The van der Waals surface area contributed by atoms with Gasteiger partial charge in [-0.15, -0.1) is 0 Å². The third kappa shape index (κ3) is 4.63. The summed E-state index contributed by atoms with van der Waals surface area (Å²) >= 11 is 1.33. The van der Waals surface area contributed by atoms with Crippen LogP contribution < -0.4 is 4.48 Å². The maximum absolute atomic E-state index is 11.7. The van der Waals surface area contributed by atoms with Crippen molar-refractivity contribution in [1.82, 2.24) is 4.98 Å². The third-order valence-corrected chi connectivity index (χ3v) is 2.02. The molecule has 1 rings (SSSR count). The zero-order chi connectivity index (χ0) is 10.6. The fraction of sp³-hybridized carbons (Fsp3) is 0.375. The van der Waals surface area contributed by atoms with Gasteiger partial charge in [-0.2, -0.15) is 0 Å². The molecule has 1 unspecified atom stereocenters. The van der Waals surface area contributed by atoms with Gasteiger partial charge in [0, 0.05) is 0 Å². The van der Waals surface area contributed by atoms with Crippen molar-refractivity contribution >= 4 is 21.3 Å². The van der Waals surface area contributed by atoms with Crippen LogP contribution in [0.4, 0.5) is 13.2 Å². The molecule has 0 aromatic carbocycles. The molecule has 0 aliphatic rings. The van der Waals surface area contributed by atoms with Gasteiger partial charge in [-0.05, 0) is 0 Å². The first-order valence-electron chi connectivity index (χ1n) is 3.83. The summed E-state index contributed by atoms with van der Waals surface area (Å²) in [4.78, 5) is 4.03. The summed E-state index contributed by atoms with van der Waals surface area (Å²) in [5.74, 6) is 0. The van der Waals surface area contributed by atoms with E-state index in [1.165, 1.54) is 16.9 Å². The number of rotatable bonds is 3. The number of ether oxygens (including phenoxy) is 1. The average Bonchev–Trinajstić information content (AvgIpc) is 2.01. The van der Waals surface area contributed by atoms with Gasteiger partial charge in [-0.1, -0.05) is 0 Å². The molecule has 0 fully saturated rings. The van der Waals surface area contributed by atoms with E-state index in [1.54, 1.807) is 18.2 Å². The Morgan fingerprint density at radius 3 is 2.64 bits per heavy atom. The van der Waals surface area contributed by atoms with Crippen molar-refractivity contribution in [3.63, 3.8) is 0 Å². The van der Waals surface area contributed by atoms with E-state index in [1.807, 2.05) is 0 Å². The molecule has 1 aromatic heterocycles. The second-order valence-electron chi connectivity index (χ2n) is 2.66. The minimum absolute atomic E-state index is 0.0999. The van der Waals surface area contributed by atoms with Crippen LogP contribution >= 0.6 is 0 Å². The second-order valence-corrected chi connectivity index (χ2v) is 3.90. The van der Waals surface area contributed by atoms with Gasteiger partial charge < -0.3 is 0 Å². The molecule has 0 bridgehead atoms. The third-order valence-electron chi connectivity index (χ3n) is 1.34. The summed E-state index contributed by atoms with van der Waals surface area (Å²) in [5, 5.41) is 0. The molecule has 0 aliphatic heterocycles. The first-order valence-corrected chi connectivity index (χ1v) is 5.04. The Hall–Kier alpha value is -0.542. The van der Waals surface area contributed by atoms with E-state index in [-0.39, 0.29) is 6.61 Å². The van der Waals surface area contributed by atoms with Gasteiger partial charge in [0.1, 0.15) is 0 Å². The average molecular weight is 267 g/mol. The number of alkyl halides is 3. The van der Waals surface area contributed by atoms with Crippen molar-refractivity contribution in [1.29, 1.82) is 0 Å². The summed E-state index contributed by atoms with van der Waals surface area (Å²) in [6.07, 6.45) is -4.27. The van der Waals surface area contributed by atoms with E-state index in [9.17, 15) is 13.2 Å². The van der Waals surface area contributed by atoms with E-state index in [0.717, 1.165) is 4.48 Å². The topological polar surface area (TPSA) is 22.1 Å². The van der Waals surface area contributed by atoms with Crippen LogP contribution in [0.2, 0.25) is 0 Å². The number of pyridine rings is 1. The SMILES string of the molecule is FC(F)(F)COCc1cccc([AsH2])n1. The Bertz CT molecular complexity index is 303. The monoisotopic (exact) mass is 267 g/mol. The molecule has 0 radical (unpaired) electrons. The van der Waals surface area contributed by atoms with Gasteiger partial charge in [-0.3, -0.25) is 0 Å². The van der Waals surface area contributed by atoms with Gasteiger partial charge in [0.2, 0.25) is 0 Å². The molecule has 1 aromatic rings. The molecule has 2 nitrogen and oxygen atoms in total. The Kier molecular flexibility index (Phi) is 3.95. The second kappa shape index (κ2) is 4.80. The van der Waals surface area contributed by atoms with Crippen molar-refractivity contribution in [2.75, 3.05) is 6.61 Å². The Balaban J connectivity index is 2.39. The van der Waals surface area contributed by atoms with Crippen LogP contribution in [-0.4, -0.2) is 34.6 Å². The van der Waals surface area contributed by atoms with Crippen molar-refractivity contribution < 1.29 is 17.9 Å². The van der Waals surface area contributed by atoms with Crippen LogP contribution in [0.25, 0.3) is 0 Å². The molecular formula is C8H9AsF3NO. The van der Waals surface area contributed by atoms with Gasteiger partial charge in [0.05, 0.1) is 0 Å². The predicted octanol–water partition coefficient (Wildman–Crippen LogP) is 0.419. The maximum atomic E-state index is 11.7. The Morgan fingerprint density at radius 1 is 1.36 bits per heavy atom. The molecule has 0 saturated carbocycles. The van der Waals surface area contributed by atoms with Crippen LogP contribution in [0, 0.1) is 0 Å². The van der Waals surface area contributed by atoms with Crippen molar-refractivity contribution in [2.24, 2.45) is 0 Å². The first-order chi connectivity index (χ1) is 6.47. The number of hydrogen-bond acceptors (Lipinski definition) is 2. The molecule has 0 N–H and O–H groups in total. The van der Waals surface area contributed by atoms with Crippen LogP contribution in [-0.2, 0) is 11.3 Å². The Labute approximate surface area is 88.0 Å². The fourth-order valence-electron chi connectivity index (χ4n) is 0.850. The fourth-order valence-corrected chi connectivity index (χ4v) is 1.43. The summed E-state index contributed by atoms with van der Waals surface area (Å²) in [5.41, 5.74) is 0.524. The summed E-state index contributed by atoms with van der Waals surface area (Å²) in [6.45, 7) is -1.33. The molecule has 0 aliphatic carbocycles. The molecule has 0 spiro atoms. The molecule has 1 heterocycles. The van der Waals surface area contributed by atoms with Crippen molar-refractivity contribution in [2.45, 2.75) is 12.8 Å². The van der Waals surface area contributed by atoms with E-state index < -0.39 is 12.8 Å². The zero-order valence-electron chi connectivity index (χ0n) is 7.21. The number of hydrogen-bond donors (Lipinski definition) is 0. The minimum atomic E-state index is -4.27. The predicted molar refractivity (Wildman–Crippen MR) is 48.1 cm³/mol. The quantitative estimate of drug-likeness (QED) is 0.740. The Morgan fingerprint density at radius 2 is 2.07 bits per heavy atom. The van der Waals surface area contributed by atoms with Crippen LogP contribution in [0.5, 0.6) is 0 Å². The van der Waals surface area contributed by atoms with Crippen LogP contribution in [0.1, 0.15) is 5.69 Å². The van der Waals surface area contributed by atoms with Gasteiger partial charge in [0.25, 0.3) is 0 Å². The van der Waals surface area contributed by atoms with Gasteiger partial charge in [-0.25, -0.2) is 0 Å². The van der Waals surface area contributed by atoms with E-state index in [0.29, 0.717) is 5.69 Å². The first kappa shape index (κ1) is 11.5. The van der Waals surface area contributed by atoms with Crippen LogP contribution in [0.3, 0.4) is 0 Å². The molecule has 0 saturated heterocycles. The van der Waals surface area contributed by atoms with E-state index >= 15 is 0 Å². The van der Waals surface area contributed by atoms with E-state index in [4.69, 9.17) is 0 Å². The molecule has 1 atom stereocenters. The zero-order valence-corrected chi connectivity index (χ0v) is 9.64. The molecule has 6 heteroatoms. The summed E-state index contributed by atoms with van der Waals surface area (Å²) in [6, 6.07) is 5.18.